The number of rotatable bonds is 4. The molecule has 3 rings (SSSR count). The monoisotopic (exact) mass is 377 g/mol. The van der Waals surface area contributed by atoms with Crippen LogP contribution in [0.5, 0.6) is 0 Å². The Labute approximate surface area is 155 Å². The van der Waals surface area contributed by atoms with Crippen molar-refractivity contribution in [1.82, 2.24) is 0 Å². The molecule has 1 heterocycles. The van der Waals surface area contributed by atoms with E-state index < -0.39 is 11.9 Å². The number of halogens is 1. The molecule has 25 heavy (non-hydrogen) atoms. The summed E-state index contributed by atoms with van der Waals surface area (Å²) in [4.78, 5) is 25.4. The van der Waals surface area contributed by atoms with Gasteiger partial charge in [0.1, 0.15) is 5.00 Å². The van der Waals surface area contributed by atoms with Crippen LogP contribution in [0.2, 0.25) is 5.02 Å². The Kier molecular flexibility index (Phi) is 5.30. The van der Waals surface area contributed by atoms with Gasteiger partial charge in [-0.3, -0.25) is 10.1 Å². The van der Waals surface area contributed by atoms with Crippen LogP contribution in [0, 0.1) is 5.92 Å². The van der Waals surface area contributed by atoms with Crippen molar-refractivity contribution in [2.45, 2.75) is 32.6 Å². The number of nitrogens with one attached hydrogen (secondary N) is 2. The molecule has 0 saturated carbocycles. The molecule has 0 fully saturated rings. The summed E-state index contributed by atoms with van der Waals surface area (Å²) in [5.41, 5.74) is 7.61. The highest BCUT2D eigenvalue weighted by atomic mass is 35.5. The first-order valence-corrected chi connectivity index (χ1v) is 9.45. The van der Waals surface area contributed by atoms with E-state index in [4.69, 9.17) is 17.3 Å². The minimum atomic E-state index is -0.495. The Morgan fingerprint density at radius 2 is 2.16 bits per heavy atom. The topological polar surface area (TPSA) is 84.2 Å². The molecule has 0 unspecified atom stereocenters. The molecule has 0 bridgehead atoms. The third-order valence-electron chi connectivity index (χ3n) is 4.50. The van der Waals surface area contributed by atoms with Crippen molar-refractivity contribution in [3.8, 4) is 0 Å². The van der Waals surface area contributed by atoms with E-state index in [1.54, 1.807) is 24.3 Å². The summed E-state index contributed by atoms with van der Waals surface area (Å²) in [6.07, 6.45) is 3.94. The predicted molar refractivity (Wildman–Crippen MR) is 103 cm³/mol. The predicted octanol–water partition coefficient (Wildman–Crippen LogP) is 4.66. The van der Waals surface area contributed by atoms with Gasteiger partial charge in [-0.25, -0.2) is 4.79 Å². The van der Waals surface area contributed by atoms with Crippen LogP contribution in [-0.2, 0) is 12.8 Å². The SMILES string of the molecule is CC[C@@H]1CCc2c(sc(NC(=O)Nc3cccc(Cl)c3)c2C(N)=O)C1. The quantitative estimate of drug-likeness (QED) is 0.723. The Morgan fingerprint density at radius 1 is 1.36 bits per heavy atom. The highest BCUT2D eigenvalue weighted by Gasteiger charge is 2.28. The summed E-state index contributed by atoms with van der Waals surface area (Å²) < 4.78 is 0. The maximum atomic E-state index is 12.3. The van der Waals surface area contributed by atoms with Crippen molar-refractivity contribution in [3.63, 3.8) is 0 Å². The van der Waals surface area contributed by atoms with Crippen LogP contribution in [0.25, 0.3) is 0 Å². The van der Waals surface area contributed by atoms with Gasteiger partial charge in [0.05, 0.1) is 5.56 Å². The summed E-state index contributed by atoms with van der Waals surface area (Å²) in [5, 5.41) is 6.55. The van der Waals surface area contributed by atoms with Crippen molar-refractivity contribution < 1.29 is 9.59 Å². The smallest absolute Gasteiger partial charge is 0.324 e. The molecule has 1 atom stereocenters. The number of amides is 3. The fraction of sp³-hybridized carbons (Fsp3) is 0.333. The lowest BCUT2D eigenvalue weighted by Crippen LogP contribution is -2.22. The normalized spacial score (nSPS) is 16.2. The number of urea groups is 1. The molecule has 1 aromatic heterocycles. The summed E-state index contributed by atoms with van der Waals surface area (Å²) in [5.74, 6) is 0.130. The van der Waals surface area contributed by atoms with Gasteiger partial charge in [0, 0.05) is 15.6 Å². The van der Waals surface area contributed by atoms with E-state index >= 15 is 0 Å². The molecule has 0 saturated heterocycles. The standard InChI is InChI=1S/C18H20ClN3O2S/c1-2-10-6-7-13-14(8-10)25-17(15(13)16(20)23)22-18(24)21-12-5-3-4-11(19)9-12/h3-5,9-10H,2,6-8H2,1H3,(H2,20,23)(H2,21,22,24)/t10-/m1/s1. The van der Waals surface area contributed by atoms with E-state index in [2.05, 4.69) is 17.6 Å². The zero-order valence-corrected chi connectivity index (χ0v) is 15.5. The van der Waals surface area contributed by atoms with Crippen LogP contribution in [-0.4, -0.2) is 11.9 Å². The second-order valence-corrected chi connectivity index (χ2v) is 7.72. The molecule has 0 spiro atoms. The van der Waals surface area contributed by atoms with Crippen molar-refractivity contribution >= 4 is 45.6 Å². The van der Waals surface area contributed by atoms with Gasteiger partial charge in [0.2, 0.25) is 0 Å². The average molecular weight is 378 g/mol. The summed E-state index contributed by atoms with van der Waals surface area (Å²) in [6, 6.07) is 6.46. The second kappa shape index (κ2) is 7.45. The van der Waals surface area contributed by atoms with Gasteiger partial charge in [-0.1, -0.05) is 31.0 Å². The van der Waals surface area contributed by atoms with Crippen molar-refractivity contribution in [1.29, 1.82) is 0 Å². The number of anilines is 2. The molecular weight excluding hydrogens is 358 g/mol. The molecule has 0 radical (unpaired) electrons. The number of thiophene rings is 1. The molecule has 4 N–H and O–H groups in total. The van der Waals surface area contributed by atoms with E-state index in [1.165, 1.54) is 11.3 Å². The molecule has 3 amide bonds. The lowest BCUT2D eigenvalue weighted by atomic mass is 9.85. The van der Waals surface area contributed by atoms with Gasteiger partial charge >= 0.3 is 6.03 Å². The Bertz CT molecular complexity index is 819. The van der Waals surface area contributed by atoms with Crippen LogP contribution < -0.4 is 16.4 Å². The van der Waals surface area contributed by atoms with Crippen LogP contribution >= 0.6 is 22.9 Å². The summed E-state index contributed by atoms with van der Waals surface area (Å²) >= 11 is 7.37. The molecule has 7 heteroatoms. The lowest BCUT2D eigenvalue weighted by molar-refractivity contribution is 0.1000. The van der Waals surface area contributed by atoms with Crippen LogP contribution in [0.3, 0.4) is 0 Å². The van der Waals surface area contributed by atoms with E-state index in [0.717, 1.165) is 36.1 Å². The van der Waals surface area contributed by atoms with Crippen LogP contribution in [0.15, 0.2) is 24.3 Å². The molecule has 1 aliphatic rings. The van der Waals surface area contributed by atoms with Gasteiger partial charge in [0.25, 0.3) is 5.91 Å². The van der Waals surface area contributed by atoms with E-state index in [9.17, 15) is 9.59 Å². The highest BCUT2D eigenvalue weighted by molar-refractivity contribution is 7.17. The van der Waals surface area contributed by atoms with E-state index in [1.807, 2.05) is 0 Å². The number of nitrogens with two attached hydrogens (primary N) is 1. The Hall–Kier alpha value is -2.05. The van der Waals surface area contributed by atoms with Crippen molar-refractivity contribution in [3.05, 3.63) is 45.3 Å². The van der Waals surface area contributed by atoms with Gasteiger partial charge in [-0.05, 0) is 48.9 Å². The molecule has 0 aliphatic heterocycles. The third kappa shape index (κ3) is 3.96. The van der Waals surface area contributed by atoms with Crippen LogP contribution in [0.4, 0.5) is 15.5 Å². The lowest BCUT2D eigenvalue weighted by Gasteiger charge is -2.20. The summed E-state index contributed by atoms with van der Waals surface area (Å²) in [7, 11) is 0. The number of benzene rings is 1. The molecule has 1 aliphatic carbocycles. The number of primary amides is 1. The number of carbonyl (C=O) groups is 2. The van der Waals surface area contributed by atoms with E-state index in [-0.39, 0.29) is 0 Å². The summed E-state index contributed by atoms with van der Waals surface area (Å²) in [6.45, 7) is 2.18. The second-order valence-electron chi connectivity index (χ2n) is 6.18. The van der Waals surface area contributed by atoms with Gasteiger partial charge in [-0.15, -0.1) is 11.3 Å². The molecule has 5 nitrogen and oxygen atoms in total. The number of carbonyl (C=O) groups excluding carboxylic acids is 2. The minimum absolute atomic E-state index is 0.421. The Morgan fingerprint density at radius 3 is 2.84 bits per heavy atom. The molecule has 2 aromatic rings. The van der Waals surface area contributed by atoms with Crippen LogP contribution in [0.1, 0.15) is 40.6 Å². The number of hydrogen-bond acceptors (Lipinski definition) is 3. The fourth-order valence-electron chi connectivity index (χ4n) is 3.18. The largest absolute Gasteiger partial charge is 0.365 e. The zero-order valence-electron chi connectivity index (χ0n) is 13.9. The molecule has 132 valence electrons. The molecular formula is C18H20ClN3O2S. The first-order valence-electron chi connectivity index (χ1n) is 8.25. The van der Waals surface area contributed by atoms with E-state index in [0.29, 0.717) is 27.2 Å². The van der Waals surface area contributed by atoms with Crippen molar-refractivity contribution in [2.75, 3.05) is 10.6 Å². The van der Waals surface area contributed by atoms with Gasteiger partial charge in [0.15, 0.2) is 0 Å². The first kappa shape index (κ1) is 17.8. The number of hydrogen-bond donors (Lipinski definition) is 3. The van der Waals surface area contributed by atoms with Gasteiger partial charge in [-0.2, -0.15) is 0 Å². The maximum Gasteiger partial charge on any atom is 0.324 e. The van der Waals surface area contributed by atoms with Gasteiger partial charge < -0.3 is 11.1 Å². The number of fused-ring (bicyclic) bond motifs is 1. The van der Waals surface area contributed by atoms with Crippen molar-refractivity contribution in [2.24, 2.45) is 11.7 Å². The molecule has 1 aromatic carbocycles. The minimum Gasteiger partial charge on any atom is -0.365 e. The highest BCUT2D eigenvalue weighted by Crippen LogP contribution is 2.40. The third-order valence-corrected chi connectivity index (χ3v) is 5.91. The first-order chi connectivity index (χ1) is 12.0. The fourth-order valence-corrected chi connectivity index (χ4v) is 4.74. The maximum absolute atomic E-state index is 12.3. The average Bonchev–Trinajstić information content (AvgIpc) is 2.91. The Balaban J connectivity index is 1.81. The zero-order chi connectivity index (χ0) is 18.0.